The van der Waals surface area contributed by atoms with E-state index in [0.717, 1.165) is 24.2 Å². The molecule has 0 fully saturated rings. The van der Waals surface area contributed by atoms with E-state index < -0.39 is 0 Å². The molecule has 0 heterocycles. The van der Waals surface area contributed by atoms with Crippen LogP contribution in [0.4, 0.5) is 5.69 Å². The van der Waals surface area contributed by atoms with Gasteiger partial charge in [-0.05, 0) is 44.9 Å². The van der Waals surface area contributed by atoms with Gasteiger partial charge < -0.3 is 15.0 Å². The number of carbonyl (C=O) groups is 1. The zero-order valence-corrected chi connectivity index (χ0v) is 13.4. The highest BCUT2D eigenvalue weighted by atomic mass is 16.5. The summed E-state index contributed by atoms with van der Waals surface area (Å²) in [6.45, 7) is 6.97. The Morgan fingerprint density at radius 1 is 1.35 bits per heavy atom. The van der Waals surface area contributed by atoms with Gasteiger partial charge in [-0.25, -0.2) is 0 Å². The molecule has 1 N–H and O–H groups in total. The van der Waals surface area contributed by atoms with Crippen LogP contribution in [0.15, 0.2) is 18.2 Å². The number of ether oxygens (including phenoxy) is 1. The largest absolute Gasteiger partial charge is 0.385 e. The summed E-state index contributed by atoms with van der Waals surface area (Å²) in [6.07, 6.45) is 0.898. The Morgan fingerprint density at radius 2 is 2.00 bits per heavy atom. The van der Waals surface area contributed by atoms with Crippen molar-refractivity contribution in [3.63, 3.8) is 0 Å². The van der Waals surface area contributed by atoms with Gasteiger partial charge in [-0.2, -0.15) is 0 Å². The fraction of sp³-hybridized carbons (Fsp3) is 0.562. The molecule has 0 spiro atoms. The molecule has 1 aromatic rings. The van der Waals surface area contributed by atoms with Gasteiger partial charge in [-0.15, -0.1) is 0 Å². The van der Waals surface area contributed by atoms with E-state index in [9.17, 15) is 4.79 Å². The molecule has 0 saturated carbocycles. The molecule has 0 aliphatic carbocycles. The van der Waals surface area contributed by atoms with Crippen molar-refractivity contribution >= 4 is 11.6 Å². The van der Waals surface area contributed by atoms with Crippen LogP contribution in [-0.2, 0) is 4.74 Å². The number of methoxy groups -OCH3 is 1. The smallest absolute Gasteiger partial charge is 0.253 e. The number of nitrogens with one attached hydrogen (secondary N) is 1. The molecular formula is C16H26N2O2. The van der Waals surface area contributed by atoms with Crippen LogP contribution in [0.2, 0.25) is 0 Å². The minimum Gasteiger partial charge on any atom is -0.385 e. The monoisotopic (exact) mass is 278 g/mol. The van der Waals surface area contributed by atoms with Crippen molar-refractivity contribution in [1.82, 2.24) is 4.90 Å². The van der Waals surface area contributed by atoms with Crippen LogP contribution in [0.5, 0.6) is 0 Å². The van der Waals surface area contributed by atoms with Gasteiger partial charge in [0.2, 0.25) is 0 Å². The Hall–Kier alpha value is -1.55. The molecule has 4 heteroatoms. The van der Waals surface area contributed by atoms with E-state index >= 15 is 0 Å². The maximum atomic E-state index is 12.0. The number of benzene rings is 1. The Balaban J connectivity index is 2.75. The first-order valence-electron chi connectivity index (χ1n) is 6.88. The molecule has 1 amide bonds. The Morgan fingerprint density at radius 3 is 2.55 bits per heavy atom. The number of amides is 1. The molecule has 0 saturated heterocycles. The van der Waals surface area contributed by atoms with E-state index in [4.69, 9.17) is 4.74 Å². The maximum Gasteiger partial charge on any atom is 0.253 e. The van der Waals surface area contributed by atoms with Crippen LogP contribution in [0.3, 0.4) is 0 Å². The second kappa shape index (κ2) is 6.75. The molecule has 1 rings (SSSR count). The molecule has 0 aromatic heterocycles. The lowest BCUT2D eigenvalue weighted by atomic mass is 10.0. The molecule has 0 aliphatic rings. The van der Waals surface area contributed by atoms with Crippen molar-refractivity contribution in [2.24, 2.45) is 0 Å². The third-order valence-corrected chi connectivity index (χ3v) is 3.49. The molecule has 0 unspecified atom stereocenters. The summed E-state index contributed by atoms with van der Waals surface area (Å²) in [5.41, 5.74) is 2.70. The van der Waals surface area contributed by atoms with Gasteiger partial charge in [0.15, 0.2) is 0 Å². The van der Waals surface area contributed by atoms with Crippen molar-refractivity contribution < 1.29 is 9.53 Å². The number of carbonyl (C=O) groups excluding carboxylic acids is 1. The van der Waals surface area contributed by atoms with Crippen LogP contribution < -0.4 is 5.32 Å². The molecule has 0 atom stereocenters. The van der Waals surface area contributed by atoms with E-state index in [2.05, 4.69) is 19.2 Å². The summed E-state index contributed by atoms with van der Waals surface area (Å²) < 4.78 is 5.40. The number of hydrogen-bond donors (Lipinski definition) is 1. The number of rotatable bonds is 6. The summed E-state index contributed by atoms with van der Waals surface area (Å²) in [4.78, 5) is 13.6. The van der Waals surface area contributed by atoms with Crippen molar-refractivity contribution in [2.45, 2.75) is 32.8 Å². The van der Waals surface area contributed by atoms with E-state index in [-0.39, 0.29) is 11.5 Å². The lowest BCUT2D eigenvalue weighted by Crippen LogP contribution is -2.26. The van der Waals surface area contributed by atoms with Gasteiger partial charge in [0.25, 0.3) is 5.91 Å². The average molecular weight is 278 g/mol. The van der Waals surface area contributed by atoms with Crippen molar-refractivity contribution in [1.29, 1.82) is 0 Å². The third-order valence-electron chi connectivity index (χ3n) is 3.49. The minimum atomic E-state index is -0.141. The van der Waals surface area contributed by atoms with Crippen molar-refractivity contribution in [2.75, 3.05) is 33.1 Å². The topological polar surface area (TPSA) is 41.6 Å². The molecule has 0 bridgehead atoms. The van der Waals surface area contributed by atoms with Gasteiger partial charge in [0.1, 0.15) is 0 Å². The fourth-order valence-corrected chi connectivity index (χ4v) is 1.80. The highest BCUT2D eigenvalue weighted by Crippen LogP contribution is 2.19. The highest BCUT2D eigenvalue weighted by Gasteiger charge is 2.16. The Kier molecular flexibility index (Phi) is 5.57. The lowest BCUT2D eigenvalue weighted by Gasteiger charge is -2.23. The first-order chi connectivity index (χ1) is 9.26. The van der Waals surface area contributed by atoms with E-state index in [1.54, 1.807) is 26.1 Å². The number of aryl methyl sites for hydroxylation is 1. The van der Waals surface area contributed by atoms with Crippen LogP contribution in [0, 0.1) is 6.92 Å². The van der Waals surface area contributed by atoms with Crippen LogP contribution in [0.25, 0.3) is 0 Å². The molecule has 112 valence electrons. The normalized spacial score (nSPS) is 11.3. The van der Waals surface area contributed by atoms with E-state index in [0.29, 0.717) is 5.56 Å². The second-order valence-electron chi connectivity index (χ2n) is 5.87. The van der Waals surface area contributed by atoms with Gasteiger partial charge in [0.05, 0.1) is 5.60 Å². The Bertz CT molecular complexity index is 468. The summed E-state index contributed by atoms with van der Waals surface area (Å²) >= 11 is 0. The molecular weight excluding hydrogens is 252 g/mol. The first kappa shape index (κ1) is 16.5. The summed E-state index contributed by atoms with van der Waals surface area (Å²) in [5, 5.41) is 3.39. The van der Waals surface area contributed by atoms with E-state index in [1.165, 1.54) is 0 Å². The zero-order valence-electron chi connectivity index (χ0n) is 13.4. The van der Waals surface area contributed by atoms with Crippen molar-refractivity contribution in [3.05, 3.63) is 29.3 Å². The maximum absolute atomic E-state index is 12.0. The van der Waals surface area contributed by atoms with Crippen LogP contribution >= 0.6 is 0 Å². The SMILES string of the molecule is COC(C)(C)CCNc1cc(C(=O)N(C)C)ccc1C. The van der Waals surface area contributed by atoms with Gasteiger partial charge in [-0.1, -0.05) is 6.07 Å². The van der Waals surface area contributed by atoms with E-state index in [1.807, 2.05) is 25.1 Å². The quantitative estimate of drug-likeness (QED) is 0.870. The number of nitrogens with zero attached hydrogens (tertiary/aromatic N) is 1. The zero-order chi connectivity index (χ0) is 15.3. The summed E-state index contributed by atoms with van der Waals surface area (Å²) in [7, 11) is 5.24. The second-order valence-corrected chi connectivity index (χ2v) is 5.87. The molecule has 0 aliphatic heterocycles. The fourth-order valence-electron chi connectivity index (χ4n) is 1.80. The Labute approximate surface area is 122 Å². The van der Waals surface area contributed by atoms with Gasteiger partial charge >= 0.3 is 0 Å². The predicted molar refractivity (Wildman–Crippen MR) is 83.4 cm³/mol. The van der Waals surface area contributed by atoms with Gasteiger partial charge in [-0.3, -0.25) is 4.79 Å². The molecule has 1 aromatic carbocycles. The van der Waals surface area contributed by atoms with Crippen molar-refractivity contribution in [3.8, 4) is 0 Å². The highest BCUT2D eigenvalue weighted by molar-refractivity contribution is 5.95. The summed E-state index contributed by atoms with van der Waals surface area (Å²) in [5.74, 6) is 0.0188. The first-order valence-corrected chi connectivity index (χ1v) is 6.88. The lowest BCUT2D eigenvalue weighted by molar-refractivity contribution is 0.0185. The molecule has 0 radical (unpaired) electrons. The number of anilines is 1. The average Bonchev–Trinajstić information content (AvgIpc) is 2.40. The summed E-state index contributed by atoms with van der Waals surface area (Å²) in [6, 6.07) is 5.75. The van der Waals surface area contributed by atoms with Crippen LogP contribution in [-0.4, -0.2) is 44.2 Å². The molecule has 20 heavy (non-hydrogen) atoms. The van der Waals surface area contributed by atoms with Gasteiger partial charge in [0, 0.05) is 39.0 Å². The predicted octanol–water partition coefficient (Wildman–Crippen LogP) is 2.92. The standard InChI is InChI=1S/C16H26N2O2/c1-12-7-8-13(15(19)18(4)5)11-14(12)17-10-9-16(2,3)20-6/h7-8,11,17H,9-10H2,1-6H3. The molecule has 4 nitrogen and oxygen atoms in total. The third kappa shape index (κ3) is 4.53. The minimum absolute atomic E-state index is 0.0188. The van der Waals surface area contributed by atoms with Crippen LogP contribution in [0.1, 0.15) is 36.2 Å². The number of hydrogen-bond acceptors (Lipinski definition) is 3.